The first-order valence-electron chi connectivity index (χ1n) is 7.99. The van der Waals surface area contributed by atoms with Gasteiger partial charge in [-0.25, -0.2) is 8.42 Å². The molecule has 3 aromatic rings. The van der Waals surface area contributed by atoms with Gasteiger partial charge in [-0.1, -0.05) is 41.4 Å². The first-order chi connectivity index (χ1) is 13.8. The Kier molecular flexibility index (Phi) is 6.43. The molecule has 0 saturated carbocycles. The van der Waals surface area contributed by atoms with Crippen LogP contribution in [0.4, 0.5) is 5.69 Å². The molecule has 0 fully saturated rings. The molecule has 1 aromatic heterocycles. The summed E-state index contributed by atoms with van der Waals surface area (Å²) < 4.78 is 27.3. The van der Waals surface area contributed by atoms with E-state index >= 15 is 0 Å². The van der Waals surface area contributed by atoms with E-state index in [2.05, 4.69) is 15.6 Å². The first kappa shape index (κ1) is 21.1. The molecule has 0 aliphatic heterocycles. The van der Waals surface area contributed by atoms with Crippen molar-refractivity contribution in [1.82, 2.24) is 10.9 Å². The minimum absolute atomic E-state index is 0.0186. The summed E-state index contributed by atoms with van der Waals surface area (Å²) in [7, 11) is -3.84. The number of anilines is 1. The van der Waals surface area contributed by atoms with Crippen molar-refractivity contribution < 1.29 is 18.0 Å². The van der Waals surface area contributed by atoms with Crippen LogP contribution in [0.15, 0.2) is 64.2 Å². The number of nitrogens with one attached hydrogen (secondary N) is 3. The topological polar surface area (TPSA) is 104 Å². The number of carbonyl (C=O) groups is 2. The summed E-state index contributed by atoms with van der Waals surface area (Å²) >= 11 is 12.9. The Morgan fingerprint density at radius 3 is 2.24 bits per heavy atom. The minimum Gasteiger partial charge on any atom is -0.278 e. The van der Waals surface area contributed by atoms with Crippen molar-refractivity contribution in [3.8, 4) is 0 Å². The summed E-state index contributed by atoms with van der Waals surface area (Å²) in [5.74, 6) is -1.40. The summed E-state index contributed by atoms with van der Waals surface area (Å²) in [6.45, 7) is 0. The number of benzene rings is 2. The maximum absolute atomic E-state index is 12.5. The summed E-state index contributed by atoms with van der Waals surface area (Å²) in [4.78, 5) is 24.8. The van der Waals surface area contributed by atoms with Crippen LogP contribution in [0, 0.1) is 0 Å². The standard InChI is InChI=1S/C18H13Cl2N3O4S2/c19-11-7-8-14(20)13(10-11)18(25)22-21-17(24)12-4-1-2-5-15(12)23-29(26,27)16-6-3-9-28-16/h1-10,23H,(H,21,24)(H,22,25). The minimum atomic E-state index is -3.84. The third-order valence-electron chi connectivity index (χ3n) is 3.64. The van der Waals surface area contributed by atoms with Gasteiger partial charge in [0.1, 0.15) is 4.21 Å². The quantitative estimate of drug-likeness (QED) is 0.492. The Morgan fingerprint density at radius 2 is 1.55 bits per heavy atom. The SMILES string of the molecule is O=C(NNC(=O)c1ccccc1NS(=O)(=O)c1cccs1)c1cc(Cl)ccc1Cl. The van der Waals surface area contributed by atoms with E-state index in [0.717, 1.165) is 11.3 Å². The highest BCUT2D eigenvalue weighted by molar-refractivity contribution is 7.94. The molecule has 29 heavy (non-hydrogen) atoms. The molecule has 0 unspecified atom stereocenters. The van der Waals surface area contributed by atoms with Crippen LogP contribution in [0.3, 0.4) is 0 Å². The van der Waals surface area contributed by atoms with Crippen LogP contribution in [0.25, 0.3) is 0 Å². The van der Waals surface area contributed by atoms with Gasteiger partial charge in [0.15, 0.2) is 0 Å². The number of hydrogen-bond donors (Lipinski definition) is 3. The zero-order valence-corrected chi connectivity index (χ0v) is 17.6. The fourth-order valence-electron chi connectivity index (χ4n) is 2.30. The number of sulfonamides is 1. The maximum Gasteiger partial charge on any atom is 0.271 e. The molecule has 0 aliphatic carbocycles. The molecule has 1 heterocycles. The van der Waals surface area contributed by atoms with Crippen molar-refractivity contribution >= 4 is 62.1 Å². The van der Waals surface area contributed by atoms with Gasteiger partial charge < -0.3 is 0 Å². The van der Waals surface area contributed by atoms with Gasteiger partial charge in [-0.05, 0) is 41.8 Å². The molecule has 0 bridgehead atoms. The van der Waals surface area contributed by atoms with Crippen LogP contribution in [-0.4, -0.2) is 20.2 Å². The molecule has 7 nitrogen and oxygen atoms in total. The summed E-state index contributed by atoms with van der Waals surface area (Å²) in [5, 5.41) is 2.09. The Morgan fingerprint density at radius 1 is 0.862 bits per heavy atom. The highest BCUT2D eigenvalue weighted by Crippen LogP contribution is 2.23. The molecule has 150 valence electrons. The molecule has 2 aromatic carbocycles. The highest BCUT2D eigenvalue weighted by Gasteiger charge is 2.20. The van der Waals surface area contributed by atoms with E-state index in [4.69, 9.17) is 23.2 Å². The zero-order chi connectivity index (χ0) is 21.0. The van der Waals surface area contributed by atoms with Crippen molar-refractivity contribution in [1.29, 1.82) is 0 Å². The number of hydrogen-bond acceptors (Lipinski definition) is 5. The van der Waals surface area contributed by atoms with E-state index in [1.54, 1.807) is 23.6 Å². The number of halogens is 2. The second-order valence-electron chi connectivity index (χ2n) is 5.62. The van der Waals surface area contributed by atoms with E-state index < -0.39 is 21.8 Å². The van der Waals surface area contributed by atoms with Gasteiger partial charge in [-0.15, -0.1) is 11.3 Å². The lowest BCUT2D eigenvalue weighted by molar-refractivity contribution is 0.0847. The lowest BCUT2D eigenvalue weighted by Gasteiger charge is -2.13. The van der Waals surface area contributed by atoms with Gasteiger partial charge in [0.05, 0.1) is 21.8 Å². The lowest BCUT2D eigenvalue weighted by Crippen LogP contribution is -2.42. The third-order valence-corrected chi connectivity index (χ3v) is 6.97. The molecule has 0 spiro atoms. The fraction of sp³-hybridized carbons (Fsp3) is 0. The molecule has 3 rings (SSSR count). The Labute approximate surface area is 180 Å². The number of para-hydroxylation sites is 1. The van der Waals surface area contributed by atoms with Crippen LogP contribution in [-0.2, 0) is 10.0 Å². The monoisotopic (exact) mass is 469 g/mol. The van der Waals surface area contributed by atoms with Gasteiger partial charge >= 0.3 is 0 Å². The smallest absolute Gasteiger partial charge is 0.271 e. The third kappa shape index (κ3) is 5.07. The predicted octanol–water partition coefficient (Wildman–Crippen LogP) is 3.93. The van der Waals surface area contributed by atoms with E-state index in [1.807, 2.05) is 0 Å². The van der Waals surface area contributed by atoms with Gasteiger partial charge in [-0.3, -0.25) is 25.2 Å². The average molecular weight is 470 g/mol. The van der Waals surface area contributed by atoms with Crippen LogP contribution >= 0.6 is 34.5 Å². The molecule has 3 N–H and O–H groups in total. The largest absolute Gasteiger partial charge is 0.278 e. The van der Waals surface area contributed by atoms with E-state index in [0.29, 0.717) is 5.02 Å². The van der Waals surface area contributed by atoms with Crippen LogP contribution in [0.1, 0.15) is 20.7 Å². The second-order valence-corrected chi connectivity index (χ2v) is 9.32. The lowest BCUT2D eigenvalue weighted by atomic mass is 10.2. The molecular formula is C18H13Cl2N3O4S2. The van der Waals surface area contributed by atoms with Crippen molar-refractivity contribution in [3.63, 3.8) is 0 Å². The number of thiophene rings is 1. The number of amides is 2. The van der Waals surface area contributed by atoms with Crippen molar-refractivity contribution in [2.75, 3.05) is 4.72 Å². The van der Waals surface area contributed by atoms with Crippen LogP contribution in [0.5, 0.6) is 0 Å². The van der Waals surface area contributed by atoms with Crippen molar-refractivity contribution in [3.05, 3.63) is 81.1 Å². The normalized spacial score (nSPS) is 11.0. The van der Waals surface area contributed by atoms with E-state index in [9.17, 15) is 18.0 Å². The molecule has 0 saturated heterocycles. The van der Waals surface area contributed by atoms with Crippen molar-refractivity contribution in [2.45, 2.75) is 4.21 Å². The van der Waals surface area contributed by atoms with Gasteiger partial charge in [0.25, 0.3) is 21.8 Å². The maximum atomic E-state index is 12.5. The van der Waals surface area contributed by atoms with Gasteiger partial charge in [0, 0.05) is 5.02 Å². The molecular weight excluding hydrogens is 457 g/mol. The Balaban J connectivity index is 1.75. The van der Waals surface area contributed by atoms with Crippen LogP contribution in [0.2, 0.25) is 10.0 Å². The Hall–Kier alpha value is -2.59. The van der Waals surface area contributed by atoms with E-state index in [-0.39, 0.29) is 26.0 Å². The first-order valence-corrected chi connectivity index (χ1v) is 11.1. The molecule has 0 radical (unpaired) electrons. The van der Waals surface area contributed by atoms with Crippen LogP contribution < -0.4 is 15.6 Å². The van der Waals surface area contributed by atoms with Gasteiger partial charge in [-0.2, -0.15) is 0 Å². The fourth-order valence-corrected chi connectivity index (χ4v) is 4.75. The number of carbonyl (C=O) groups excluding carboxylic acids is 2. The molecule has 0 atom stereocenters. The predicted molar refractivity (Wildman–Crippen MR) is 113 cm³/mol. The number of hydrazine groups is 1. The Bertz CT molecular complexity index is 1170. The summed E-state index contributed by atoms with van der Waals surface area (Å²) in [6, 6.07) is 13.4. The summed E-state index contributed by atoms with van der Waals surface area (Å²) in [5.41, 5.74) is 4.62. The average Bonchev–Trinajstić information content (AvgIpc) is 3.24. The molecule has 11 heteroatoms. The molecule has 2 amide bonds. The molecule has 0 aliphatic rings. The number of rotatable bonds is 5. The van der Waals surface area contributed by atoms with Crippen molar-refractivity contribution in [2.24, 2.45) is 0 Å². The zero-order valence-electron chi connectivity index (χ0n) is 14.5. The van der Waals surface area contributed by atoms with Gasteiger partial charge in [0.2, 0.25) is 0 Å². The highest BCUT2D eigenvalue weighted by atomic mass is 35.5. The second kappa shape index (κ2) is 8.83. The van der Waals surface area contributed by atoms with E-state index in [1.165, 1.54) is 36.4 Å². The summed E-state index contributed by atoms with van der Waals surface area (Å²) in [6.07, 6.45) is 0.